The van der Waals surface area contributed by atoms with Crippen molar-refractivity contribution in [2.45, 2.75) is 47.6 Å². The monoisotopic (exact) mass is 346 g/mol. The predicted octanol–water partition coefficient (Wildman–Crippen LogP) is 2.38. The molecule has 0 atom stereocenters. The van der Waals surface area contributed by atoms with Crippen molar-refractivity contribution in [2.75, 3.05) is 13.1 Å². The molecule has 7 nitrogen and oxygen atoms in total. The summed E-state index contributed by atoms with van der Waals surface area (Å²) >= 11 is 0. The summed E-state index contributed by atoms with van der Waals surface area (Å²) in [6, 6.07) is 3.69. The number of hydrogen-bond acceptors (Lipinski definition) is 4. The summed E-state index contributed by atoms with van der Waals surface area (Å²) in [5, 5.41) is 6.84. The molecule has 0 bridgehead atoms. The van der Waals surface area contributed by atoms with Crippen molar-refractivity contribution in [1.82, 2.24) is 19.9 Å². The maximum Gasteiger partial charge on any atom is 0.256 e. The molecule has 0 aliphatic heterocycles. The van der Waals surface area contributed by atoms with Gasteiger partial charge in [0.2, 0.25) is 5.91 Å². The van der Waals surface area contributed by atoms with Crippen LogP contribution in [0.25, 0.3) is 5.82 Å². The first-order chi connectivity index (χ1) is 11.7. The third-order valence-electron chi connectivity index (χ3n) is 3.96. The number of carbonyl (C=O) groups excluding carboxylic acids is 2. The molecule has 1 N–H and O–H groups in total. The van der Waals surface area contributed by atoms with Gasteiger partial charge in [-0.3, -0.25) is 14.2 Å². The Bertz CT molecular complexity index is 773. The Morgan fingerprint density at radius 1 is 1.28 bits per heavy atom. The van der Waals surface area contributed by atoms with Gasteiger partial charge in [0.25, 0.3) is 5.91 Å². The van der Waals surface area contributed by atoms with E-state index in [1.165, 1.54) is 4.90 Å². The molecule has 0 saturated carbocycles. The highest BCUT2D eigenvalue weighted by molar-refractivity contribution is 5.98. The molecule has 136 valence electrons. The zero-order chi connectivity index (χ0) is 18.7. The van der Waals surface area contributed by atoms with E-state index in [-0.39, 0.29) is 24.4 Å². The van der Waals surface area contributed by atoms with Gasteiger partial charge in [0.05, 0.1) is 12.1 Å². The number of nitrogens with zero attached hydrogens (tertiary/aromatic N) is 3. The van der Waals surface area contributed by atoms with Crippen molar-refractivity contribution in [3.8, 4) is 5.82 Å². The summed E-state index contributed by atoms with van der Waals surface area (Å²) < 4.78 is 7.02. The molecule has 2 heterocycles. The molecule has 2 aromatic rings. The normalized spacial score (nSPS) is 11.0. The summed E-state index contributed by atoms with van der Waals surface area (Å²) in [6.45, 7) is 11.7. The van der Waals surface area contributed by atoms with E-state index in [0.717, 1.165) is 11.4 Å². The van der Waals surface area contributed by atoms with Crippen LogP contribution in [0.2, 0.25) is 0 Å². The first-order valence-electron chi connectivity index (χ1n) is 8.45. The van der Waals surface area contributed by atoms with E-state index in [0.29, 0.717) is 23.7 Å². The van der Waals surface area contributed by atoms with Gasteiger partial charge in [0.15, 0.2) is 5.82 Å². The van der Waals surface area contributed by atoms with Crippen molar-refractivity contribution in [1.29, 1.82) is 0 Å². The quantitative estimate of drug-likeness (QED) is 0.871. The Hall–Kier alpha value is -2.57. The van der Waals surface area contributed by atoms with Crippen LogP contribution in [0.5, 0.6) is 0 Å². The molecule has 0 aliphatic carbocycles. The predicted molar refractivity (Wildman–Crippen MR) is 94.9 cm³/mol. The van der Waals surface area contributed by atoms with E-state index in [1.807, 2.05) is 58.2 Å². The van der Waals surface area contributed by atoms with Crippen molar-refractivity contribution < 1.29 is 14.1 Å². The molecule has 2 aromatic heterocycles. The fourth-order valence-electron chi connectivity index (χ4n) is 2.83. The number of nitrogens with one attached hydrogen (secondary N) is 1. The Balaban J connectivity index is 2.28. The standard InChI is InChI=1S/C18H26N4O3/c1-7-21(10-17(23)19-11(2)3)18(24)15-8-12(4)22(14(15)6)16-9-13(5)25-20-16/h8-9,11H,7,10H2,1-6H3,(H,19,23). The molecule has 2 rings (SSSR count). The first-order valence-corrected chi connectivity index (χ1v) is 8.45. The number of aryl methyl sites for hydroxylation is 2. The summed E-state index contributed by atoms with van der Waals surface area (Å²) in [5.41, 5.74) is 2.23. The van der Waals surface area contributed by atoms with Crippen LogP contribution >= 0.6 is 0 Å². The molecule has 25 heavy (non-hydrogen) atoms. The smallest absolute Gasteiger partial charge is 0.256 e. The van der Waals surface area contributed by atoms with Gasteiger partial charge in [0, 0.05) is 30.0 Å². The lowest BCUT2D eigenvalue weighted by atomic mass is 10.2. The topological polar surface area (TPSA) is 80.4 Å². The number of carbonyl (C=O) groups is 2. The van der Waals surface area contributed by atoms with Crippen LogP contribution in [0.1, 0.15) is 48.3 Å². The minimum absolute atomic E-state index is 0.0419. The van der Waals surface area contributed by atoms with E-state index < -0.39 is 0 Å². The van der Waals surface area contributed by atoms with Crippen LogP contribution in [0.4, 0.5) is 0 Å². The molecule has 7 heteroatoms. The van der Waals surface area contributed by atoms with Crippen LogP contribution in [0.15, 0.2) is 16.7 Å². The number of aromatic nitrogens is 2. The highest BCUT2D eigenvalue weighted by Gasteiger charge is 2.23. The molecular formula is C18H26N4O3. The Labute approximate surface area is 148 Å². The molecule has 0 unspecified atom stereocenters. The highest BCUT2D eigenvalue weighted by atomic mass is 16.5. The van der Waals surface area contributed by atoms with Crippen molar-refractivity contribution >= 4 is 11.8 Å². The fourth-order valence-corrected chi connectivity index (χ4v) is 2.83. The van der Waals surface area contributed by atoms with Crippen LogP contribution in [0.3, 0.4) is 0 Å². The van der Waals surface area contributed by atoms with Gasteiger partial charge < -0.3 is 14.7 Å². The second-order valence-electron chi connectivity index (χ2n) is 6.46. The average Bonchev–Trinajstić information content (AvgIpc) is 3.06. The second-order valence-corrected chi connectivity index (χ2v) is 6.46. The number of likely N-dealkylation sites (N-methyl/N-ethyl adjacent to an activating group) is 1. The number of rotatable bonds is 6. The van der Waals surface area contributed by atoms with Gasteiger partial charge >= 0.3 is 0 Å². The maximum atomic E-state index is 12.9. The zero-order valence-electron chi connectivity index (χ0n) is 15.7. The highest BCUT2D eigenvalue weighted by Crippen LogP contribution is 2.22. The molecule has 0 aliphatic rings. The maximum absolute atomic E-state index is 12.9. The van der Waals surface area contributed by atoms with Crippen LogP contribution < -0.4 is 5.32 Å². The minimum Gasteiger partial charge on any atom is -0.360 e. The van der Waals surface area contributed by atoms with E-state index in [2.05, 4.69) is 10.5 Å². The number of hydrogen-bond donors (Lipinski definition) is 1. The van der Waals surface area contributed by atoms with Gasteiger partial charge in [-0.25, -0.2) is 0 Å². The van der Waals surface area contributed by atoms with Gasteiger partial charge in [-0.15, -0.1) is 0 Å². The Morgan fingerprint density at radius 2 is 1.96 bits per heavy atom. The summed E-state index contributed by atoms with van der Waals surface area (Å²) in [7, 11) is 0. The van der Waals surface area contributed by atoms with Crippen LogP contribution in [0, 0.1) is 20.8 Å². The lowest BCUT2D eigenvalue weighted by Gasteiger charge is -2.21. The Kier molecular flexibility index (Phi) is 5.66. The zero-order valence-corrected chi connectivity index (χ0v) is 15.7. The molecule has 0 fully saturated rings. The Morgan fingerprint density at radius 3 is 2.48 bits per heavy atom. The summed E-state index contributed by atoms with van der Waals surface area (Å²) in [6.07, 6.45) is 0. The lowest BCUT2D eigenvalue weighted by Crippen LogP contribution is -2.42. The summed E-state index contributed by atoms with van der Waals surface area (Å²) in [4.78, 5) is 26.5. The van der Waals surface area contributed by atoms with Crippen molar-refractivity contribution in [3.05, 3.63) is 34.8 Å². The molecule has 0 saturated heterocycles. The van der Waals surface area contributed by atoms with Gasteiger partial charge in [0.1, 0.15) is 5.76 Å². The van der Waals surface area contributed by atoms with E-state index >= 15 is 0 Å². The molecule has 0 aromatic carbocycles. The van der Waals surface area contributed by atoms with Gasteiger partial charge in [-0.05, 0) is 47.6 Å². The second kappa shape index (κ2) is 7.55. The molecular weight excluding hydrogens is 320 g/mol. The first kappa shape index (κ1) is 18.8. The van der Waals surface area contributed by atoms with Crippen LogP contribution in [-0.4, -0.2) is 45.6 Å². The third-order valence-corrected chi connectivity index (χ3v) is 3.96. The third kappa shape index (κ3) is 4.10. The van der Waals surface area contributed by atoms with Crippen molar-refractivity contribution in [3.63, 3.8) is 0 Å². The average molecular weight is 346 g/mol. The van der Waals surface area contributed by atoms with Crippen molar-refractivity contribution in [2.24, 2.45) is 0 Å². The largest absolute Gasteiger partial charge is 0.360 e. The molecule has 2 amide bonds. The van der Waals surface area contributed by atoms with Crippen LogP contribution in [-0.2, 0) is 4.79 Å². The SMILES string of the molecule is CCN(CC(=O)NC(C)C)C(=O)c1cc(C)n(-c2cc(C)on2)c1C. The molecule has 0 spiro atoms. The fraction of sp³-hybridized carbons (Fsp3) is 0.500. The van der Waals surface area contributed by atoms with E-state index in [9.17, 15) is 9.59 Å². The lowest BCUT2D eigenvalue weighted by molar-refractivity contribution is -0.122. The summed E-state index contributed by atoms with van der Waals surface area (Å²) in [5.74, 6) is 1.02. The number of amides is 2. The van der Waals surface area contributed by atoms with Gasteiger partial charge in [-0.1, -0.05) is 5.16 Å². The molecule has 0 radical (unpaired) electrons. The van der Waals surface area contributed by atoms with Gasteiger partial charge in [-0.2, -0.15) is 0 Å². The minimum atomic E-state index is -0.166. The van der Waals surface area contributed by atoms with E-state index in [1.54, 1.807) is 0 Å². The van der Waals surface area contributed by atoms with E-state index in [4.69, 9.17) is 4.52 Å².